The van der Waals surface area contributed by atoms with Gasteiger partial charge in [0, 0.05) is 0 Å². The Bertz CT molecular complexity index is 1240. The summed E-state index contributed by atoms with van der Waals surface area (Å²) >= 11 is 0. The molecule has 0 spiro atoms. The number of benzene rings is 2. The van der Waals surface area contributed by atoms with E-state index in [1.165, 1.54) is 12.1 Å². The summed E-state index contributed by atoms with van der Waals surface area (Å²) in [6, 6.07) is 9.89. The average molecular weight is 667 g/mol. The number of phenols is 2. The maximum Gasteiger partial charge on any atom is 0.273 e. The molecule has 2 rings (SSSR count). The normalized spacial score (nSPS) is 11.2. The van der Waals surface area contributed by atoms with Crippen LogP contribution in [0.25, 0.3) is 0 Å². The Morgan fingerprint density at radius 2 is 0.938 bits per heavy atom. The van der Waals surface area contributed by atoms with Crippen LogP contribution in [-0.4, -0.2) is 33.8 Å². The van der Waals surface area contributed by atoms with Gasteiger partial charge in [0.1, 0.15) is 16.9 Å². The largest absolute Gasteiger partial charge is 0.507 e. The summed E-state index contributed by atoms with van der Waals surface area (Å²) in [5, 5.41) is 21.6. The summed E-state index contributed by atoms with van der Waals surface area (Å²) in [5.74, 6) is -3.13. The van der Waals surface area contributed by atoms with Crippen molar-refractivity contribution in [2.75, 3.05) is 0 Å². The van der Waals surface area contributed by atoms with Gasteiger partial charge in [0.2, 0.25) is 0 Å². The van der Waals surface area contributed by atoms with Gasteiger partial charge in [-0.2, -0.15) is 0 Å². The van der Waals surface area contributed by atoms with Crippen LogP contribution in [0.3, 0.4) is 0 Å². The monoisotopic (exact) mass is 666 g/mol. The number of carbonyl (C=O) groups excluding carboxylic acids is 4. The molecule has 0 unspecified atom stereocenters. The van der Waals surface area contributed by atoms with E-state index in [1.807, 2.05) is 0 Å². The van der Waals surface area contributed by atoms with Crippen molar-refractivity contribution in [3.8, 4) is 11.5 Å². The van der Waals surface area contributed by atoms with Crippen LogP contribution in [0.1, 0.15) is 156 Å². The molecule has 10 heteroatoms. The number of aromatic hydroxyl groups is 2. The lowest BCUT2D eigenvalue weighted by Gasteiger charge is -2.30. The highest BCUT2D eigenvalue weighted by Gasteiger charge is 2.44. The second-order valence-electron chi connectivity index (χ2n) is 12.7. The fraction of sp³-hybridized carbons (Fsp3) is 0.579. The SMILES string of the molecule is CCCCCCCC(CC)(C(=O)NNC(=O)c1cccc(CCCCCC)c1O)C(=O)NNC(=O)c1cccc(CCCCCC)c1O. The first-order valence-corrected chi connectivity index (χ1v) is 18.0. The van der Waals surface area contributed by atoms with Gasteiger partial charge in [-0.25, -0.2) is 0 Å². The highest BCUT2D eigenvalue weighted by Crippen LogP contribution is 2.31. The van der Waals surface area contributed by atoms with Crippen LogP contribution in [0.15, 0.2) is 36.4 Å². The molecule has 0 saturated carbocycles. The predicted octanol–water partition coefficient (Wildman–Crippen LogP) is 7.32. The maximum absolute atomic E-state index is 13.7. The van der Waals surface area contributed by atoms with E-state index < -0.39 is 29.0 Å². The number of hydrazine groups is 2. The molecule has 266 valence electrons. The zero-order valence-electron chi connectivity index (χ0n) is 29.5. The molecule has 0 fully saturated rings. The Morgan fingerprint density at radius 3 is 1.33 bits per heavy atom. The minimum absolute atomic E-state index is 0.0223. The van der Waals surface area contributed by atoms with Crippen LogP contribution in [0, 0.1) is 5.41 Å². The fourth-order valence-corrected chi connectivity index (χ4v) is 5.90. The van der Waals surface area contributed by atoms with Crippen molar-refractivity contribution in [3.63, 3.8) is 0 Å². The summed E-state index contributed by atoms with van der Waals surface area (Å²) in [6.45, 7) is 8.05. The van der Waals surface area contributed by atoms with Gasteiger partial charge >= 0.3 is 0 Å². The van der Waals surface area contributed by atoms with Crippen LogP contribution >= 0.6 is 0 Å². The molecular weight excluding hydrogens is 608 g/mol. The molecule has 48 heavy (non-hydrogen) atoms. The van der Waals surface area contributed by atoms with Gasteiger partial charge in [-0.15, -0.1) is 0 Å². The zero-order chi connectivity index (χ0) is 35.4. The van der Waals surface area contributed by atoms with Crippen LogP contribution in [-0.2, 0) is 22.4 Å². The van der Waals surface area contributed by atoms with Gasteiger partial charge in [-0.3, -0.25) is 40.9 Å². The number of unbranched alkanes of at least 4 members (excludes halogenated alkanes) is 10. The molecule has 10 nitrogen and oxygen atoms in total. The number of carbonyl (C=O) groups is 4. The Labute approximate surface area is 286 Å². The van der Waals surface area contributed by atoms with Crippen LogP contribution < -0.4 is 21.7 Å². The van der Waals surface area contributed by atoms with Crippen LogP contribution in [0.4, 0.5) is 0 Å². The van der Waals surface area contributed by atoms with Crippen molar-refractivity contribution < 1.29 is 29.4 Å². The van der Waals surface area contributed by atoms with E-state index in [1.54, 1.807) is 31.2 Å². The molecule has 2 aromatic rings. The Morgan fingerprint density at radius 1 is 0.542 bits per heavy atom. The molecule has 0 aliphatic rings. The van der Waals surface area contributed by atoms with Crippen molar-refractivity contribution >= 4 is 23.6 Å². The molecule has 4 amide bonds. The Balaban J connectivity index is 2.16. The first kappa shape index (κ1) is 40.1. The van der Waals surface area contributed by atoms with E-state index in [9.17, 15) is 29.4 Å². The van der Waals surface area contributed by atoms with E-state index in [0.29, 0.717) is 30.4 Å². The van der Waals surface area contributed by atoms with Gasteiger partial charge < -0.3 is 10.2 Å². The second-order valence-corrected chi connectivity index (χ2v) is 12.7. The molecule has 0 aromatic heterocycles. The molecule has 6 N–H and O–H groups in total. The number of phenolic OH excluding ortho intramolecular Hbond substituents is 2. The highest BCUT2D eigenvalue weighted by molar-refractivity contribution is 6.07. The van der Waals surface area contributed by atoms with Crippen molar-refractivity contribution in [2.24, 2.45) is 5.41 Å². The first-order chi connectivity index (χ1) is 23.2. The van der Waals surface area contributed by atoms with E-state index >= 15 is 0 Å². The lowest BCUT2D eigenvalue weighted by Crippen LogP contribution is -2.58. The van der Waals surface area contributed by atoms with E-state index in [0.717, 1.165) is 77.0 Å². The molecule has 0 radical (unpaired) electrons. The summed E-state index contributed by atoms with van der Waals surface area (Å²) in [5.41, 5.74) is 9.33. The molecule has 0 aliphatic carbocycles. The smallest absolute Gasteiger partial charge is 0.273 e. The number of amides is 4. The van der Waals surface area contributed by atoms with Crippen molar-refractivity contribution in [2.45, 2.75) is 137 Å². The minimum Gasteiger partial charge on any atom is -0.507 e. The number of para-hydroxylation sites is 2. The van der Waals surface area contributed by atoms with E-state index in [2.05, 4.69) is 42.5 Å². The predicted molar refractivity (Wildman–Crippen MR) is 189 cm³/mol. The number of rotatable bonds is 21. The Kier molecular flexibility index (Phi) is 18.1. The molecule has 0 aliphatic heterocycles. The molecular formula is C38H58N4O6. The minimum atomic E-state index is -1.61. The molecule has 0 heterocycles. The van der Waals surface area contributed by atoms with Gasteiger partial charge in [-0.1, -0.05) is 123 Å². The lowest BCUT2D eigenvalue weighted by molar-refractivity contribution is -0.145. The van der Waals surface area contributed by atoms with Crippen LogP contribution in [0.5, 0.6) is 11.5 Å². The van der Waals surface area contributed by atoms with Gasteiger partial charge in [0.15, 0.2) is 0 Å². The third kappa shape index (κ3) is 11.9. The van der Waals surface area contributed by atoms with Crippen molar-refractivity contribution in [1.29, 1.82) is 0 Å². The average Bonchev–Trinajstić information content (AvgIpc) is 3.09. The third-order valence-electron chi connectivity index (χ3n) is 9.09. The highest BCUT2D eigenvalue weighted by atomic mass is 16.3. The zero-order valence-corrected chi connectivity index (χ0v) is 29.5. The Hall–Kier alpha value is -4.08. The topological polar surface area (TPSA) is 157 Å². The standard InChI is InChI=1S/C38H58N4O6/c1-5-9-12-15-18-27-38(8-4,36(47)41-39-34(45)30-25-19-23-28(32(30)43)21-16-13-10-6-2)37(48)42-40-35(46)31-26-20-24-29(33(31)44)22-17-14-11-7-3/h19-20,23-26,43-44H,5-18,21-22,27H2,1-4H3,(H,39,45)(H,40,46)(H,41,47)(H,42,48). The summed E-state index contributed by atoms with van der Waals surface area (Å²) in [4.78, 5) is 53.6. The molecule has 0 bridgehead atoms. The fourth-order valence-electron chi connectivity index (χ4n) is 5.90. The number of nitrogens with one attached hydrogen (secondary N) is 4. The number of hydrogen-bond acceptors (Lipinski definition) is 6. The van der Waals surface area contributed by atoms with Gasteiger partial charge in [0.05, 0.1) is 11.1 Å². The third-order valence-corrected chi connectivity index (χ3v) is 9.09. The number of aryl methyl sites for hydroxylation is 2. The molecule has 0 atom stereocenters. The lowest BCUT2D eigenvalue weighted by atomic mass is 9.78. The quantitative estimate of drug-likeness (QED) is 0.0466. The second kappa shape index (κ2) is 21.7. The maximum atomic E-state index is 13.7. The van der Waals surface area contributed by atoms with Crippen molar-refractivity contribution in [3.05, 3.63) is 58.7 Å². The van der Waals surface area contributed by atoms with E-state index in [-0.39, 0.29) is 35.5 Å². The number of hydrogen-bond donors (Lipinski definition) is 6. The van der Waals surface area contributed by atoms with Gasteiger partial charge in [-0.05, 0) is 61.8 Å². The summed E-state index contributed by atoms with van der Waals surface area (Å²) < 4.78 is 0. The molecule has 0 saturated heterocycles. The van der Waals surface area contributed by atoms with Crippen molar-refractivity contribution in [1.82, 2.24) is 21.7 Å². The molecule has 2 aromatic carbocycles. The van der Waals surface area contributed by atoms with Crippen LogP contribution in [0.2, 0.25) is 0 Å². The summed E-state index contributed by atoms with van der Waals surface area (Å²) in [6.07, 6.45) is 14.1. The van der Waals surface area contributed by atoms with E-state index in [4.69, 9.17) is 0 Å². The summed E-state index contributed by atoms with van der Waals surface area (Å²) in [7, 11) is 0. The van der Waals surface area contributed by atoms with Gasteiger partial charge in [0.25, 0.3) is 23.6 Å². The first-order valence-electron chi connectivity index (χ1n) is 18.0.